The molecule has 4 nitrogen and oxygen atoms in total. The topological polar surface area (TPSA) is 70.1 Å². The minimum absolute atomic E-state index is 0.102. The van der Waals surface area contributed by atoms with Gasteiger partial charge in [-0.15, -0.1) is 11.8 Å². The van der Waals surface area contributed by atoms with Crippen molar-refractivity contribution >= 4 is 23.2 Å². The predicted octanol–water partition coefficient (Wildman–Crippen LogP) is 8.15. The third-order valence-corrected chi connectivity index (χ3v) is 9.39. The van der Waals surface area contributed by atoms with E-state index < -0.39 is 5.92 Å². The Kier molecular flexibility index (Phi) is 7.42. The van der Waals surface area contributed by atoms with Crippen molar-refractivity contribution in [3.8, 4) is 6.07 Å². The van der Waals surface area contributed by atoms with Gasteiger partial charge in [0.15, 0.2) is 5.78 Å². The Hall–Kier alpha value is -3.75. The van der Waals surface area contributed by atoms with E-state index in [0.29, 0.717) is 24.2 Å². The number of allylic oxidation sites excluding steroid dienone is 3. The molecule has 0 saturated carbocycles. The second kappa shape index (κ2) is 10.7. The van der Waals surface area contributed by atoms with Crippen molar-refractivity contribution in [2.24, 2.45) is 11.1 Å². The second-order valence-electron chi connectivity index (χ2n) is 12.0. The summed E-state index contributed by atoms with van der Waals surface area (Å²) in [5.41, 5.74) is 16.5. The molecule has 1 aliphatic heterocycles. The first-order valence-corrected chi connectivity index (χ1v) is 14.8. The van der Waals surface area contributed by atoms with Crippen LogP contribution in [-0.2, 0) is 10.5 Å². The molecule has 0 aromatic heterocycles. The van der Waals surface area contributed by atoms with Crippen LogP contribution < -0.4 is 10.6 Å². The van der Waals surface area contributed by atoms with Gasteiger partial charge in [-0.2, -0.15) is 5.26 Å². The lowest BCUT2D eigenvalue weighted by molar-refractivity contribution is -0.118. The lowest BCUT2D eigenvalue weighted by Gasteiger charge is -2.44. The summed E-state index contributed by atoms with van der Waals surface area (Å²) >= 11 is 1.82. The molecule has 204 valence electrons. The Morgan fingerprint density at radius 2 is 1.70 bits per heavy atom. The number of rotatable bonds is 5. The molecule has 0 fully saturated rings. The lowest BCUT2D eigenvalue weighted by Crippen LogP contribution is -2.42. The minimum atomic E-state index is -0.479. The van der Waals surface area contributed by atoms with Gasteiger partial charge < -0.3 is 5.73 Å². The molecule has 1 unspecified atom stereocenters. The van der Waals surface area contributed by atoms with Crippen molar-refractivity contribution < 1.29 is 4.79 Å². The summed E-state index contributed by atoms with van der Waals surface area (Å²) in [7, 11) is 0. The van der Waals surface area contributed by atoms with E-state index in [-0.39, 0.29) is 11.2 Å². The average molecular weight is 548 g/mol. The van der Waals surface area contributed by atoms with E-state index in [1.807, 2.05) is 47.9 Å². The highest BCUT2D eigenvalue weighted by Gasteiger charge is 2.45. The number of nitriles is 1. The van der Waals surface area contributed by atoms with Crippen LogP contribution in [0, 0.1) is 44.4 Å². The van der Waals surface area contributed by atoms with Crippen LogP contribution in [0.15, 0.2) is 88.2 Å². The summed E-state index contributed by atoms with van der Waals surface area (Å²) in [6.45, 7) is 12.7. The second-order valence-corrected chi connectivity index (χ2v) is 13.0. The molecule has 2 N–H and O–H groups in total. The number of ketones is 1. The number of anilines is 1. The highest BCUT2D eigenvalue weighted by atomic mass is 32.2. The fourth-order valence-corrected chi connectivity index (χ4v) is 7.18. The van der Waals surface area contributed by atoms with Gasteiger partial charge in [0.25, 0.3) is 0 Å². The highest BCUT2D eigenvalue weighted by Crippen LogP contribution is 2.51. The fourth-order valence-electron chi connectivity index (χ4n) is 6.10. The van der Waals surface area contributed by atoms with Gasteiger partial charge in [-0.25, -0.2) is 0 Å². The number of Topliss-reactive ketones (excluding diaryl/α,β-unsaturated/α-hetero) is 1. The molecule has 1 heterocycles. The predicted molar refractivity (Wildman–Crippen MR) is 165 cm³/mol. The first kappa shape index (κ1) is 27.8. The minimum Gasteiger partial charge on any atom is -0.384 e. The van der Waals surface area contributed by atoms with Gasteiger partial charge in [0.05, 0.1) is 17.6 Å². The monoisotopic (exact) mass is 547 g/mol. The van der Waals surface area contributed by atoms with Crippen LogP contribution in [0.2, 0.25) is 0 Å². The van der Waals surface area contributed by atoms with E-state index in [0.717, 1.165) is 45.0 Å². The molecule has 0 amide bonds. The van der Waals surface area contributed by atoms with E-state index in [1.165, 1.54) is 16.0 Å². The Morgan fingerprint density at radius 3 is 2.38 bits per heavy atom. The first-order valence-electron chi connectivity index (χ1n) is 13.8. The number of nitrogens with zero attached hydrogens (tertiary/aromatic N) is 2. The highest BCUT2D eigenvalue weighted by molar-refractivity contribution is 7.98. The SMILES string of the molecule is Cc1ccc(N2C(N)=C(C#N)C(c3cc(C)cc(CSc4ccccc4C)c3C)C3=C2CC(C)(C)CC3=O)cc1. The Morgan fingerprint density at radius 1 is 1.00 bits per heavy atom. The Labute approximate surface area is 242 Å². The maximum absolute atomic E-state index is 14.0. The molecule has 5 rings (SSSR count). The molecular weight excluding hydrogens is 510 g/mol. The third kappa shape index (κ3) is 5.09. The molecule has 3 aromatic carbocycles. The zero-order valence-electron chi connectivity index (χ0n) is 24.3. The van der Waals surface area contributed by atoms with Crippen LogP contribution in [0.4, 0.5) is 5.69 Å². The van der Waals surface area contributed by atoms with Gasteiger partial charge in [0, 0.05) is 34.0 Å². The van der Waals surface area contributed by atoms with E-state index in [1.54, 1.807) is 0 Å². The van der Waals surface area contributed by atoms with Crippen molar-refractivity contribution in [1.82, 2.24) is 0 Å². The largest absolute Gasteiger partial charge is 0.384 e. The van der Waals surface area contributed by atoms with Gasteiger partial charge in [-0.05, 0) is 80.0 Å². The molecule has 40 heavy (non-hydrogen) atoms. The molecule has 0 spiro atoms. The maximum Gasteiger partial charge on any atom is 0.162 e. The average Bonchev–Trinajstić information content (AvgIpc) is 2.89. The number of benzene rings is 3. The van der Waals surface area contributed by atoms with E-state index in [9.17, 15) is 10.1 Å². The summed E-state index contributed by atoms with van der Waals surface area (Å²) < 4.78 is 0. The number of carbonyl (C=O) groups excluding carboxylic acids is 1. The summed E-state index contributed by atoms with van der Waals surface area (Å²) in [5, 5.41) is 10.5. The zero-order chi connectivity index (χ0) is 28.8. The Bertz CT molecular complexity index is 1600. The van der Waals surface area contributed by atoms with Crippen molar-refractivity contribution in [2.75, 3.05) is 4.90 Å². The van der Waals surface area contributed by atoms with Crippen molar-refractivity contribution in [1.29, 1.82) is 5.26 Å². The fraction of sp³-hybridized carbons (Fsp3) is 0.314. The van der Waals surface area contributed by atoms with Crippen LogP contribution in [0.3, 0.4) is 0 Å². The molecule has 1 aliphatic carbocycles. The molecule has 1 atom stereocenters. The van der Waals surface area contributed by atoms with Gasteiger partial charge in [-0.1, -0.05) is 67.4 Å². The maximum atomic E-state index is 14.0. The number of aryl methyl sites for hydroxylation is 3. The zero-order valence-corrected chi connectivity index (χ0v) is 25.1. The van der Waals surface area contributed by atoms with Crippen molar-refractivity contribution in [3.05, 3.63) is 117 Å². The molecule has 0 saturated heterocycles. The number of carbonyl (C=O) groups is 1. The molecule has 2 aliphatic rings. The Balaban J connectivity index is 1.67. The van der Waals surface area contributed by atoms with Crippen LogP contribution in [0.1, 0.15) is 66.0 Å². The molecule has 0 bridgehead atoms. The van der Waals surface area contributed by atoms with Crippen LogP contribution in [-0.4, -0.2) is 5.78 Å². The first-order chi connectivity index (χ1) is 19.0. The molecule has 5 heteroatoms. The quantitative estimate of drug-likeness (QED) is 0.326. The van der Waals surface area contributed by atoms with Crippen molar-refractivity contribution in [2.45, 2.75) is 71.0 Å². The third-order valence-electron chi connectivity index (χ3n) is 8.16. The van der Waals surface area contributed by atoms with Crippen LogP contribution in [0.5, 0.6) is 0 Å². The number of hydrogen-bond donors (Lipinski definition) is 1. The van der Waals surface area contributed by atoms with Gasteiger partial charge in [0.2, 0.25) is 0 Å². The van der Waals surface area contributed by atoms with Gasteiger partial charge in [0.1, 0.15) is 5.82 Å². The van der Waals surface area contributed by atoms with E-state index in [4.69, 9.17) is 5.73 Å². The normalized spacial score (nSPS) is 18.6. The van der Waals surface area contributed by atoms with Crippen molar-refractivity contribution in [3.63, 3.8) is 0 Å². The van der Waals surface area contributed by atoms with E-state index >= 15 is 0 Å². The number of thioether (sulfide) groups is 1. The van der Waals surface area contributed by atoms with Gasteiger partial charge >= 0.3 is 0 Å². The summed E-state index contributed by atoms with van der Waals surface area (Å²) in [6, 6.07) is 23.4. The lowest BCUT2D eigenvalue weighted by atomic mass is 9.68. The molecule has 0 radical (unpaired) electrons. The standard InChI is InChI=1S/C35H37N3OS/c1-21-11-13-26(14-12-21)38-29-17-35(5,6)18-30(39)33(29)32(28(19-36)34(38)37)27-16-22(2)15-25(24(27)4)20-40-31-10-8-7-9-23(31)3/h7-16,32H,17-18,20,37H2,1-6H3. The van der Waals surface area contributed by atoms with Crippen LogP contribution in [0.25, 0.3) is 0 Å². The summed E-state index contributed by atoms with van der Waals surface area (Å²) in [6.07, 6.45) is 1.16. The number of nitrogens with two attached hydrogens (primary N) is 1. The number of hydrogen-bond acceptors (Lipinski definition) is 5. The molecule has 3 aromatic rings. The summed E-state index contributed by atoms with van der Waals surface area (Å²) in [5.74, 6) is 0.844. The molecular formula is C35H37N3OS. The summed E-state index contributed by atoms with van der Waals surface area (Å²) in [4.78, 5) is 17.2. The van der Waals surface area contributed by atoms with Crippen LogP contribution >= 0.6 is 11.8 Å². The van der Waals surface area contributed by atoms with E-state index in [2.05, 4.69) is 77.1 Å². The smallest absolute Gasteiger partial charge is 0.162 e. The van der Waals surface area contributed by atoms with Gasteiger partial charge in [-0.3, -0.25) is 9.69 Å².